The first kappa shape index (κ1) is 15.9. The summed E-state index contributed by atoms with van der Waals surface area (Å²) in [5.41, 5.74) is 1.84. The zero-order valence-corrected chi connectivity index (χ0v) is 13.1. The number of benzene rings is 1. The summed E-state index contributed by atoms with van der Waals surface area (Å²) in [5.74, 6) is 0.0626. The van der Waals surface area contributed by atoms with Gasteiger partial charge in [0.2, 0.25) is 5.82 Å². The highest BCUT2D eigenvalue weighted by molar-refractivity contribution is 7.94. The fourth-order valence-electron chi connectivity index (χ4n) is 1.95. The molecule has 0 atom stereocenters. The van der Waals surface area contributed by atoms with Crippen molar-refractivity contribution < 1.29 is 8.68 Å². The molecule has 0 radical (unpaired) electrons. The molecule has 0 fully saturated rings. The largest absolute Gasteiger partial charge is 0.347 e. The Morgan fingerprint density at radius 1 is 1.08 bits per heavy atom. The SMILES string of the molecule is O=C(NCc1ccc(-c2nncnn2)cc1)c1cccc(SF)n1. The van der Waals surface area contributed by atoms with Gasteiger partial charge in [0.15, 0.2) is 6.33 Å². The molecule has 0 saturated heterocycles. The van der Waals surface area contributed by atoms with Gasteiger partial charge in [-0.05, 0) is 17.7 Å². The molecule has 3 aromatic rings. The second kappa shape index (κ2) is 7.55. The maximum absolute atomic E-state index is 12.5. The van der Waals surface area contributed by atoms with Gasteiger partial charge in [-0.1, -0.05) is 30.3 Å². The molecule has 0 aliphatic rings. The Morgan fingerprint density at radius 2 is 1.83 bits per heavy atom. The molecular formula is C15H11FN6OS. The average molecular weight is 342 g/mol. The third kappa shape index (κ3) is 3.87. The van der Waals surface area contributed by atoms with Gasteiger partial charge in [-0.15, -0.1) is 20.4 Å². The van der Waals surface area contributed by atoms with Crippen molar-refractivity contribution in [2.75, 3.05) is 0 Å². The number of nitrogens with one attached hydrogen (secondary N) is 1. The number of carbonyl (C=O) groups is 1. The number of hydrogen-bond donors (Lipinski definition) is 1. The van der Waals surface area contributed by atoms with Crippen LogP contribution in [0, 0.1) is 0 Å². The van der Waals surface area contributed by atoms with Crippen LogP contribution in [0.25, 0.3) is 11.4 Å². The van der Waals surface area contributed by atoms with Gasteiger partial charge in [0, 0.05) is 12.1 Å². The predicted molar refractivity (Wildman–Crippen MR) is 85.4 cm³/mol. The third-order valence-corrected chi connectivity index (χ3v) is 3.49. The summed E-state index contributed by atoms with van der Waals surface area (Å²) < 4.78 is 12.5. The van der Waals surface area contributed by atoms with Crippen LogP contribution in [0.15, 0.2) is 53.8 Å². The second-order valence-corrected chi connectivity index (χ2v) is 5.26. The Morgan fingerprint density at radius 3 is 2.54 bits per heavy atom. The van der Waals surface area contributed by atoms with E-state index in [1.807, 2.05) is 24.3 Å². The van der Waals surface area contributed by atoms with Crippen molar-refractivity contribution >= 4 is 18.1 Å². The van der Waals surface area contributed by atoms with Crippen LogP contribution in [-0.2, 0) is 6.54 Å². The number of hydrogen-bond acceptors (Lipinski definition) is 7. The van der Waals surface area contributed by atoms with Gasteiger partial charge >= 0.3 is 0 Å². The van der Waals surface area contributed by atoms with Gasteiger partial charge in [-0.25, -0.2) is 4.98 Å². The van der Waals surface area contributed by atoms with Gasteiger partial charge in [-0.3, -0.25) is 4.79 Å². The van der Waals surface area contributed by atoms with E-state index < -0.39 is 0 Å². The van der Waals surface area contributed by atoms with Gasteiger partial charge in [0.25, 0.3) is 5.91 Å². The number of amides is 1. The highest BCUT2D eigenvalue weighted by Gasteiger charge is 2.08. The molecule has 120 valence electrons. The third-order valence-electron chi connectivity index (χ3n) is 3.11. The summed E-state index contributed by atoms with van der Waals surface area (Å²) in [5, 5.41) is 18.0. The molecule has 0 bridgehead atoms. The lowest BCUT2D eigenvalue weighted by atomic mass is 10.1. The molecule has 0 saturated carbocycles. The topological polar surface area (TPSA) is 93.6 Å². The first-order valence-corrected chi connectivity index (χ1v) is 7.61. The lowest BCUT2D eigenvalue weighted by Crippen LogP contribution is -2.23. The Kier molecular flexibility index (Phi) is 5.02. The highest BCUT2D eigenvalue weighted by atomic mass is 32.2. The number of halogens is 1. The van der Waals surface area contributed by atoms with Crippen LogP contribution < -0.4 is 5.32 Å². The Hall–Kier alpha value is -2.94. The second-order valence-electron chi connectivity index (χ2n) is 4.69. The van der Waals surface area contributed by atoms with Crippen LogP contribution in [0.3, 0.4) is 0 Å². The summed E-state index contributed by atoms with van der Waals surface area (Å²) >= 11 is 0.00119. The summed E-state index contributed by atoms with van der Waals surface area (Å²) in [6.07, 6.45) is 1.26. The van der Waals surface area contributed by atoms with Crippen LogP contribution in [0.2, 0.25) is 0 Å². The van der Waals surface area contributed by atoms with E-state index in [4.69, 9.17) is 0 Å². The van der Waals surface area contributed by atoms with E-state index in [-0.39, 0.29) is 28.8 Å². The average Bonchev–Trinajstić information content (AvgIpc) is 2.67. The van der Waals surface area contributed by atoms with Crippen LogP contribution in [0.5, 0.6) is 0 Å². The molecule has 7 nitrogen and oxygen atoms in total. The summed E-state index contributed by atoms with van der Waals surface area (Å²) in [6, 6.07) is 11.9. The fraction of sp³-hybridized carbons (Fsp3) is 0.0667. The van der Waals surface area contributed by atoms with E-state index in [1.54, 1.807) is 6.07 Å². The molecule has 3 rings (SSSR count). The quantitative estimate of drug-likeness (QED) is 0.760. The van der Waals surface area contributed by atoms with Gasteiger partial charge in [0.05, 0.1) is 0 Å². The van der Waals surface area contributed by atoms with Gasteiger partial charge in [-0.2, -0.15) is 3.89 Å². The lowest BCUT2D eigenvalue weighted by Gasteiger charge is -2.06. The molecule has 0 aliphatic carbocycles. The zero-order chi connectivity index (χ0) is 16.8. The normalized spacial score (nSPS) is 10.4. The first-order valence-electron chi connectivity index (χ1n) is 6.90. The smallest absolute Gasteiger partial charge is 0.270 e. The number of nitrogens with zero attached hydrogens (tertiary/aromatic N) is 5. The van der Waals surface area contributed by atoms with E-state index in [1.165, 1.54) is 18.5 Å². The number of aromatic nitrogens is 5. The Balaban J connectivity index is 1.63. The molecule has 1 N–H and O–H groups in total. The Bertz CT molecular complexity index is 831. The van der Waals surface area contributed by atoms with E-state index in [9.17, 15) is 8.68 Å². The monoisotopic (exact) mass is 342 g/mol. The number of carbonyl (C=O) groups excluding carboxylic acids is 1. The maximum atomic E-state index is 12.5. The minimum absolute atomic E-state index is 0.00119. The molecule has 0 spiro atoms. The molecule has 0 aliphatic heterocycles. The molecular weight excluding hydrogens is 331 g/mol. The van der Waals surface area contributed by atoms with Gasteiger partial charge in [0.1, 0.15) is 22.9 Å². The standard InChI is InChI=1S/C15H11FN6OS/c16-24-13-3-1-2-12(20-13)15(23)17-8-10-4-6-11(7-5-10)14-21-18-9-19-22-14/h1-7,9H,8H2,(H,17,23). The minimum Gasteiger partial charge on any atom is -0.347 e. The summed E-state index contributed by atoms with van der Waals surface area (Å²) in [6.45, 7) is 0.319. The summed E-state index contributed by atoms with van der Waals surface area (Å²) in [4.78, 5) is 15.9. The van der Waals surface area contributed by atoms with Crippen LogP contribution in [0.4, 0.5) is 3.89 Å². The van der Waals surface area contributed by atoms with Gasteiger partial charge < -0.3 is 5.32 Å². The van der Waals surface area contributed by atoms with E-state index >= 15 is 0 Å². The Labute approximate surface area is 141 Å². The molecule has 2 heterocycles. The maximum Gasteiger partial charge on any atom is 0.270 e. The van der Waals surface area contributed by atoms with Crippen molar-refractivity contribution in [1.29, 1.82) is 0 Å². The molecule has 2 aromatic heterocycles. The zero-order valence-electron chi connectivity index (χ0n) is 12.3. The van der Waals surface area contributed by atoms with Crippen molar-refractivity contribution in [2.45, 2.75) is 11.6 Å². The van der Waals surface area contributed by atoms with Crippen molar-refractivity contribution in [3.8, 4) is 11.4 Å². The highest BCUT2D eigenvalue weighted by Crippen LogP contribution is 2.16. The molecule has 1 aromatic carbocycles. The van der Waals surface area contributed by atoms with Crippen molar-refractivity contribution in [2.24, 2.45) is 0 Å². The van der Waals surface area contributed by atoms with E-state index in [2.05, 4.69) is 30.7 Å². The minimum atomic E-state index is -0.366. The number of pyridine rings is 1. The molecule has 24 heavy (non-hydrogen) atoms. The summed E-state index contributed by atoms with van der Waals surface area (Å²) in [7, 11) is 0. The van der Waals surface area contributed by atoms with Crippen LogP contribution in [0.1, 0.15) is 16.1 Å². The molecule has 0 unspecified atom stereocenters. The van der Waals surface area contributed by atoms with E-state index in [0.29, 0.717) is 12.4 Å². The van der Waals surface area contributed by atoms with E-state index in [0.717, 1.165) is 11.1 Å². The molecule has 9 heteroatoms. The van der Waals surface area contributed by atoms with Crippen LogP contribution in [-0.4, -0.2) is 31.3 Å². The molecule has 1 amide bonds. The van der Waals surface area contributed by atoms with Crippen molar-refractivity contribution in [1.82, 2.24) is 30.7 Å². The lowest BCUT2D eigenvalue weighted by molar-refractivity contribution is 0.0945. The van der Waals surface area contributed by atoms with Crippen molar-refractivity contribution in [3.63, 3.8) is 0 Å². The fourth-order valence-corrected chi connectivity index (χ4v) is 2.21. The predicted octanol–water partition coefficient (Wildman–Crippen LogP) is 2.24. The first-order chi connectivity index (χ1) is 11.8. The van der Waals surface area contributed by atoms with Crippen LogP contribution >= 0.6 is 12.1 Å². The number of rotatable bonds is 5. The van der Waals surface area contributed by atoms with Crippen molar-refractivity contribution in [3.05, 3.63) is 60.0 Å².